The second-order valence-corrected chi connectivity index (χ2v) is 10.2. The molecule has 12 heteroatoms. The van der Waals surface area contributed by atoms with Crippen LogP contribution in [-0.4, -0.2) is 53.3 Å². The molecular formula is C37H34N6O6. The average Bonchev–Trinajstić information content (AvgIpc) is 3.12. The normalized spacial score (nSPS) is 10.4. The third kappa shape index (κ3) is 10.1. The summed E-state index contributed by atoms with van der Waals surface area (Å²) in [6, 6.07) is 30.8. The number of nitrogens with zero attached hydrogens (tertiary/aromatic N) is 3. The van der Waals surface area contributed by atoms with Crippen LogP contribution in [0.3, 0.4) is 0 Å². The monoisotopic (exact) mass is 658 g/mol. The zero-order chi connectivity index (χ0) is 34.4. The number of aromatic nitrogens is 3. The van der Waals surface area contributed by atoms with E-state index < -0.39 is 11.9 Å². The lowest BCUT2D eigenvalue weighted by molar-refractivity contribution is -0.139. The predicted molar refractivity (Wildman–Crippen MR) is 188 cm³/mol. The maximum Gasteiger partial charge on any atom is 0.330 e. The molecule has 0 aliphatic carbocycles. The average molecular weight is 659 g/mol. The first-order valence-corrected chi connectivity index (χ1v) is 15.2. The van der Waals surface area contributed by atoms with E-state index in [9.17, 15) is 9.59 Å². The Balaban J connectivity index is 1.13. The SMILES string of the molecule is C=CC(=O)OCCOc1ccc(-c2ccc(Nc3nc(N)nc(Nc4ccc(-c5ccc(OCCOC(=O)C=C)cc5)cc4)n3)cc2)cc1. The standard InChI is InChI=1S/C37H34N6O6/c1-3-33(44)48-23-21-46-31-17-9-27(10-18-31)25-5-13-29(14-6-25)39-36-41-35(38)42-37(43-36)40-30-15-7-26(8-16-30)28-11-19-32(20-12-28)47-22-24-49-34(45)4-2/h3-20H,1-2,21-24H2,(H4,38,39,40,41,42,43). The number of ether oxygens (including phenoxy) is 4. The van der Waals surface area contributed by atoms with E-state index in [-0.39, 0.29) is 32.4 Å². The van der Waals surface area contributed by atoms with Crippen LogP contribution in [0.25, 0.3) is 22.3 Å². The van der Waals surface area contributed by atoms with Crippen LogP contribution >= 0.6 is 0 Å². The number of esters is 2. The van der Waals surface area contributed by atoms with E-state index in [0.717, 1.165) is 45.8 Å². The molecule has 4 aromatic carbocycles. The minimum atomic E-state index is -0.480. The minimum absolute atomic E-state index is 0.0654. The van der Waals surface area contributed by atoms with Gasteiger partial charge in [-0.3, -0.25) is 0 Å². The van der Waals surface area contributed by atoms with Crippen LogP contribution in [0.4, 0.5) is 29.2 Å². The fourth-order valence-electron chi connectivity index (χ4n) is 4.46. The van der Waals surface area contributed by atoms with Gasteiger partial charge in [-0.05, 0) is 70.8 Å². The summed E-state index contributed by atoms with van der Waals surface area (Å²) in [5.74, 6) is 1.03. The first-order valence-electron chi connectivity index (χ1n) is 15.2. The molecule has 12 nitrogen and oxygen atoms in total. The Labute approximate surface area is 283 Å². The minimum Gasteiger partial charge on any atom is -0.490 e. The molecule has 1 aromatic heterocycles. The summed E-state index contributed by atoms with van der Waals surface area (Å²) in [4.78, 5) is 35.1. The van der Waals surface area contributed by atoms with E-state index in [4.69, 9.17) is 24.7 Å². The molecule has 0 atom stereocenters. The molecule has 4 N–H and O–H groups in total. The molecule has 49 heavy (non-hydrogen) atoms. The number of nitrogen functional groups attached to an aromatic ring is 1. The maximum absolute atomic E-state index is 11.1. The Kier molecular flexibility index (Phi) is 11.5. The number of hydrogen-bond acceptors (Lipinski definition) is 12. The summed E-state index contributed by atoms with van der Waals surface area (Å²) < 4.78 is 21.0. The van der Waals surface area contributed by atoms with E-state index in [2.05, 4.69) is 38.7 Å². The lowest BCUT2D eigenvalue weighted by atomic mass is 10.1. The second kappa shape index (κ2) is 16.7. The third-order valence-electron chi connectivity index (χ3n) is 6.84. The number of carbonyl (C=O) groups excluding carboxylic acids is 2. The zero-order valence-corrected chi connectivity index (χ0v) is 26.5. The van der Waals surface area contributed by atoms with E-state index in [0.29, 0.717) is 23.4 Å². The Morgan fingerprint density at radius 3 is 1.24 bits per heavy atom. The van der Waals surface area contributed by atoms with Gasteiger partial charge < -0.3 is 35.3 Å². The zero-order valence-electron chi connectivity index (χ0n) is 26.5. The van der Waals surface area contributed by atoms with Gasteiger partial charge in [-0.1, -0.05) is 61.7 Å². The molecule has 248 valence electrons. The van der Waals surface area contributed by atoms with Crippen LogP contribution in [0, 0.1) is 0 Å². The fraction of sp³-hybridized carbons (Fsp3) is 0.108. The summed E-state index contributed by atoms with van der Waals surface area (Å²) >= 11 is 0. The van der Waals surface area contributed by atoms with Gasteiger partial charge in [0.05, 0.1) is 0 Å². The summed E-state index contributed by atoms with van der Waals surface area (Å²) in [5, 5.41) is 6.36. The molecule has 0 amide bonds. The smallest absolute Gasteiger partial charge is 0.330 e. The highest BCUT2D eigenvalue weighted by atomic mass is 16.6. The first kappa shape index (κ1) is 33.7. The molecule has 5 aromatic rings. The third-order valence-corrected chi connectivity index (χ3v) is 6.84. The molecule has 0 saturated carbocycles. The van der Waals surface area contributed by atoms with Gasteiger partial charge in [-0.25, -0.2) is 9.59 Å². The summed E-state index contributed by atoms with van der Waals surface area (Å²) in [5.41, 5.74) is 11.6. The number of anilines is 5. The van der Waals surface area contributed by atoms with Gasteiger partial charge in [0.15, 0.2) is 0 Å². The molecule has 0 aliphatic rings. The molecule has 0 aliphatic heterocycles. The molecule has 0 spiro atoms. The molecular weight excluding hydrogens is 624 g/mol. The molecule has 0 fully saturated rings. The molecule has 1 heterocycles. The van der Waals surface area contributed by atoms with Crippen LogP contribution in [0.1, 0.15) is 0 Å². The van der Waals surface area contributed by atoms with Crippen molar-refractivity contribution in [1.29, 1.82) is 0 Å². The summed E-state index contributed by atoms with van der Waals surface area (Å²) in [7, 11) is 0. The van der Waals surface area contributed by atoms with Gasteiger partial charge >= 0.3 is 11.9 Å². The highest BCUT2D eigenvalue weighted by Crippen LogP contribution is 2.27. The largest absolute Gasteiger partial charge is 0.490 e. The second-order valence-electron chi connectivity index (χ2n) is 10.2. The lowest BCUT2D eigenvalue weighted by Crippen LogP contribution is -2.10. The van der Waals surface area contributed by atoms with E-state index in [1.807, 2.05) is 97.1 Å². The number of nitrogens with one attached hydrogen (secondary N) is 2. The maximum atomic E-state index is 11.1. The Bertz CT molecular complexity index is 1740. The van der Waals surface area contributed by atoms with Crippen molar-refractivity contribution in [1.82, 2.24) is 15.0 Å². The predicted octanol–water partition coefficient (Wildman–Crippen LogP) is 6.49. The number of benzene rings is 4. The van der Waals surface area contributed by atoms with Crippen LogP contribution in [0.5, 0.6) is 11.5 Å². The van der Waals surface area contributed by atoms with Gasteiger partial charge in [0, 0.05) is 23.5 Å². The molecule has 0 bridgehead atoms. The van der Waals surface area contributed by atoms with Crippen LogP contribution in [0.2, 0.25) is 0 Å². The first-order chi connectivity index (χ1) is 23.9. The quantitative estimate of drug-likeness (QED) is 0.0602. The van der Waals surface area contributed by atoms with Crippen molar-refractivity contribution >= 4 is 41.2 Å². The van der Waals surface area contributed by atoms with Crippen LogP contribution < -0.4 is 25.8 Å². The lowest BCUT2D eigenvalue weighted by Gasteiger charge is -2.11. The number of carbonyl (C=O) groups is 2. The van der Waals surface area contributed by atoms with Gasteiger partial charge in [0.2, 0.25) is 17.8 Å². The van der Waals surface area contributed by atoms with Crippen molar-refractivity contribution in [2.45, 2.75) is 0 Å². The van der Waals surface area contributed by atoms with Gasteiger partial charge in [0.1, 0.15) is 37.9 Å². The van der Waals surface area contributed by atoms with Crippen molar-refractivity contribution in [2.24, 2.45) is 0 Å². The van der Waals surface area contributed by atoms with Gasteiger partial charge in [-0.2, -0.15) is 15.0 Å². The summed E-state index contributed by atoms with van der Waals surface area (Å²) in [6.07, 6.45) is 2.23. The highest BCUT2D eigenvalue weighted by molar-refractivity contribution is 5.81. The number of rotatable bonds is 16. The van der Waals surface area contributed by atoms with E-state index in [1.54, 1.807) is 0 Å². The Morgan fingerprint density at radius 2 is 0.898 bits per heavy atom. The fourth-order valence-corrected chi connectivity index (χ4v) is 4.46. The van der Waals surface area contributed by atoms with Crippen LogP contribution in [-0.2, 0) is 19.1 Å². The highest BCUT2D eigenvalue weighted by Gasteiger charge is 2.08. The van der Waals surface area contributed by atoms with E-state index in [1.165, 1.54) is 0 Å². The Hall–Kier alpha value is -6.69. The topological polar surface area (TPSA) is 160 Å². The molecule has 5 rings (SSSR count). The number of nitrogens with two attached hydrogens (primary N) is 1. The van der Waals surface area contributed by atoms with Crippen molar-refractivity contribution in [2.75, 3.05) is 42.8 Å². The van der Waals surface area contributed by atoms with Crippen molar-refractivity contribution in [3.8, 4) is 33.8 Å². The van der Waals surface area contributed by atoms with Gasteiger partial charge in [0.25, 0.3) is 0 Å². The van der Waals surface area contributed by atoms with E-state index >= 15 is 0 Å². The number of hydrogen-bond donors (Lipinski definition) is 3. The van der Waals surface area contributed by atoms with Crippen molar-refractivity contribution in [3.05, 3.63) is 122 Å². The van der Waals surface area contributed by atoms with Crippen molar-refractivity contribution < 1.29 is 28.5 Å². The molecule has 0 unspecified atom stereocenters. The van der Waals surface area contributed by atoms with Crippen LogP contribution in [0.15, 0.2) is 122 Å². The molecule has 0 radical (unpaired) electrons. The van der Waals surface area contributed by atoms with Gasteiger partial charge in [-0.15, -0.1) is 0 Å². The summed E-state index contributed by atoms with van der Waals surface area (Å²) in [6.45, 7) is 7.51. The van der Waals surface area contributed by atoms with Crippen molar-refractivity contribution in [3.63, 3.8) is 0 Å². The molecule has 0 saturated heterocycles. The Morgan fingerprint density at radius 1 is 0.551 bits per heavy atom.